The summed E-state index contributed by atoms with van der Waals surface area (Å²) in [6.45, 7) is 9.16. The van der Waals surface area contributed by atoms with Gasteiger partial charge in [0.15, 0.2) is 11.4 Å². The van der Waals surface area contributed by atoms with Crippen LogP contribution in [-0.4, -0.2) is 22.8 Å². The maximum Gasteiger partial charge on any atom is 0.264 e. The number of amides is 1. The monoisotopic (exact) mass is 373 g/mol. The van der Waals surface area contributed by atoms with E-state index in [0.717, 1.165) is 0 Å². The molecule has 0 unspecified atom stereocenters. The van der Waals surface area contributed by atoms with Crippen molar-refractivity contribution in [2.24, 2.45) is 0 Å². The number of rotatable bonds is 5. The fourth-order valence-electron chi connectivity index (χ4n) is 2.27. The molecule has 0 saturated heterocycles. The first-order chi connectivity index (χ1) is 12.0. The van der Waals surface area contributed by atoms with Crippen molar-refractivity contribution in [3.8, 4) is 5.75 Å². The molecule has 5 heteroatoms. The van der Waals surface area contributed by atoms with Crippen LogP contribution in [0.5, 0.6) is 5.75 Å². The summed E-state index contributed by atoms with van der Waals surface area (Å²) in [5.74, 6) is 0.219. The van der Waals surface area contributed by atoms with E-state index < -0.39 is 5.60 Å². The summed E-state index contributed by atoms with van der Waals surface area (Å²) in [6, 6.07) is 13.5. The molecule has 0 atom stereocenters. The SMILES string of the molecule is CC(C)(C)NC(=O)C(C)(C)Oc1ccc(C(=O)c2ccc(Cl)cc2)cc1. The smallest absolute Gasteiger partial charge is 0.264 e. The van der Waals surface area contributed by atoms with Crippen molar-refractivity contribution in [3.05, 3.63) is 64.7 Å². The van der Waals surface area contributed by atoms with Crippen LogP contribution in [0.1, 0.15) is 50.5 Å². The molecule has 0 spiro atoms. The van der Waals surface area contributed by atoms with Crippen molar-refractivity contribution in [2.75, 3.05) is 0 Å². The first-order valence-electron chi connectivity index (χ1n) is 8.40. The van der Waals surface area contributed by atoms with Gasteiger partial charge >= 0.3 is 0 Å². The van der Waals surface area contributed by atoms with Crippen LogP contribution in [0, 0.1) is 0 Å². The number of benzene rings is 2. The quantitative estimate of drug-likeness (QED) is 0.776. The lowest BCUT2D eigenvalue weighted by atomic mass is 10.0. The van der Waals surface area contributed by atoms with E-state index in [0.29, 0.717) is 21.9 Å². The topological polar surface area (TPSA) is 55.4 Å². The highest BCUT2D eigenvalue weighted by Crippen LogP contribution is 2.21. The molecule has 1 N–H and O–H groups in total. The lowest BCUT2D eigenvalue weighted by molar-refractivity contribution is -0.135. The molecule has 1 amide bonds. The summed E-state index contributed by atoms with van der Waals surface area (Å²) in [5.41, 5.74) is -0.272. The van der Waals surface area contributed by atoms with Crippen LogP contribution in [0.25, 0.3) is 0 Å². The number of carbonyl (C=O) groups is 2. The van der Waals surface area contributed by atoms with E-state index in [9.17, 15) is 9.59 Å². The van der Waals surface area contributed by atoms with Crippen LogP contribution in [0.15, 0.2) is 48.5 Å². The average molecular weight is 374 g/mol. The molecular weight excluding hydrogens is 350 g/mol. The Bertz CT molecular complexity index is 788. The van der Waals surface area contributed by atoms with E-state index in [4.69, 9.17) is 16.3 Å². The summed E-state index contributed by atoms with van der Waals surface area (Å²) >= 11 is 5.85. The molecule has 0 aliphatic carbocycles. The Morgan fingerprint density at radius 2 is 1.31 bits per heavy atom. The van der Waals surface area contributed by atoms with E-state index in [1.165, 1.54) is 0 Å². The molecule has 0 aromatic heterocycles. The minimum atomic E-state index is -1.03. The molecular formula is C21H24ClNO3. The second-order valence-corrected chi connectivity index (χ2v) is 8.11. The third-order valence-electron chi connectivity index (χ3n) is 3.63. The second-order valence-electron chi connectivity index (χ2n) is 7.68. The molecule has 0 saturated carbocycles. The standard InChI is InChI=1S/C21H24ClNO3/c1-20(2,3)23-19(25)21(4,5)26-17-12-8-15(9-13-17)18(24)14-6-10-16(22)11-7-14/h6-13H,1-5H3,(H,23,25). The van der Waals surface area contributed by atoms with Gasteiger partial charge in [-0.3, -0.25) is 9.59 Å². The van der Waals surface area contributed by atoms with Gasteiger partial charge in [-0.15, -0.1) is 0 Å². The average Bonchev–Trinajstić information content (AvgIpc) is 2.54. The molecule has 0 aliphatic rings. The molecule has 0 bridgehead atoms. The minimum Gasteiger partial charge on any atom is -0.478 e. The summed E-state index contributed by atoms with van der Waals surface area (Å²) in [5, 5.41) is 3.49. The second kappa shape index (κ2) is 7.50. The maximum absolute atomic E-state index is 12.5. The van der Waals surface area contributed by atoms with Crippen molar-refractivity contribution in [3.63, 3.8) is 0 Å². The Morgan fingerprint density at radius 1 is 0.846 bits per heavy atom. The number of ether oxygens (including phenoxy) is 1. The Labute approximate surface area is 159 Å². The zero-order chi connectivity index (χ0) is 19.5. The highest BCUT2D eigenvalue weighted by Gasteiger charge is 2.32. The van der Waals surface area contributed by atoms with Crippen LogP contribution >= 0.6 is 11.6 Å². The fraction of sp³-hybridized carbons (Fsp3) is 0.333. The van der Waals surface area contributed by atoms with Gasteiger partial charge in [0.2, 0.25) is 0 Å². The number of halogens is 1. The molecule has 0 fully saturated rings. The van der Waals surface area contributed by atoms with Gasteiger partial charge < -0.3 is 10.1 Å². The lowest BCUT2D eigenvalue weighted by Gasteiger charge is -2.30. The third kappa shape index (κ3) is 5.33. The molecule has 4 nitrogen and oxygen atoms in total. The molecule has 2 aromatic carbocycles. The first kappa shape index (κ1) is 20.0. The van der Waals surface area contributed by atoms with E-state index in [2.05, 4.69) is 5.32 Å². The highest BCUT2D eigenvalue weighted by molar-refractivity contribution is 6.30. The van der Waals surface area contributed by atoms with Gasteiger partial charge in [0.25, 0.3) is 5.91 Å². The predicted molar refractivity (Wildman–Crippen MR) is 104 cm³/mol. The molecule has 0 radical (unpaired) electrons. The Morgan fingerprint density at radius 3 is 1.77 bits per heavy atom. The first-order valence-corrected chi connectivity index (χ1v) is 8.78. The number of nitrogens with one attached hydrogen (secondary N) is 1. The van der Waals surface area contributed by atoms with Crippen LogP contribution < -0.4 is 10.1 Å². The van der Waals surface area contributed by atoms with Crippen LogP contribution in [0.2, 0.25) is 5.02 Å². The maximum atomic E-state index is 12.5. The molecule has 26 heavy (non-hydrogen) atoms. The van der Waals surface area contributed by atoms with Gasteiger partial charge in [-0.05, 0) is 83.1 Å². The molecule has 138 valence electrons. The van der Waals surface area contributed by atoms with Crippen molar-refractivity contribution in [2.45, 2.75) is 45.8 Å². The summed E-state index contributed by atoms with van der Waals surface area (Å²) in [4.78, 5) is 24.8. The Balaban J connectivity index is 2.10. The fourth-order valence-corrected chi connectivity index (χ4v) is 2.40. The van der Waals surface area contributed by atoms with Crippen molar-refractivity contribution in [1.29, 1.82) is 0 Å². The Hall–Kier alpha value is -2.33. The minimum absolute atomic E-state index is 0.0991. The predicted octanol–water partition coefficient (Wildman–Crippen LogP) is 4.64. The largest absolute Gasteiger partial charge is 0.478 e. The number of carbonyl (C=O) groups excluding carboxylic acids is 2. The van der Waals surface area contributed by atoms with Gasteiger partial charge in [0.05, 0.1) is 0 Å². The lowest BCUT2D eigenvalue weighted by Crippen LogP contribution is -2.52. The number of hydrogen-bond donors (Lipinski definition) is 1. The summed E-state index contributed by atoms with van der Waals surface area (Å²) in [7, 11) is 0. The van der Waals surface area contributed by atoms with Gasteiger partial charge in [0.1, 0.15) is 5.75 Å². The molecule has 2 rings (SSSR count). The molecule has 0 aliphatic heterocycles. The van der Waals surface area contributed by atoms with E-state index >= 15 is 0 Å². The van der Waals surface area contributed by atoms with Gasteiger partial charge in [-0.1, -0.05) is 11.6 Å². The van der Waals surface area contributed by atoms with Crippen LogP contribution in [0.4, 0.5) is 0 Å². The number of ketones is 1. The number of hydrogen-bond acceptors (Lipinski definition) is 3. The van der Waals surface area contributed by atoms with E-state index in [-0.39, 0.29) is 17.2 Å². The van der Waals surface area contributed by atoms with Crippen LogP contribution in [-0.2, 0) is 4.79 Å². The highest BCUT2D eigenvalue weighted by atomic mass is 35.5. The third-order valence-corrected chi connectivity index (χ3v) is 3.88. The zero-order valence-electron chi connectivity index (χ0n) is 15.7. The van der Waals surface area contributed by atoms with Gasteiger partial charge in [-0.2, -0.15) is 0 Å². The van der Waals surface area contributed by atoms with E-state index in [1.54, 1.807) is 62.4 Å². The summed E-state index contributed by atoms with van der Waals surface area (Å²) < 4.78 is 5.82. The van der Waals surface area contributed by atoms with Gasteiger partial charge in [-0.25, -0.2) is 0 Å². The van der Waals surface area contributed by atoms with Crippen molar-refractivity contribution in [1.82, 2.24) is 5.32 Å². The Kier molecular flexibility index (Phi) is 5.77. The summed E-state index contributed by atoms with van der Waals surface area (Å²) in [6.07, 6.45) is 0. The van der Waals surface area contributed by atoms with E-state index in [1.807, 2.05) is 20.8 Å². The normalized spacial score (nSPS) is 11.8. The van der Waals surface area contributed by atoms with Crippen molar-refractivity contribution < 1.29 is 14.3 Å². The van der Waals surface area contributed by atoms with Crippen molar-refractivity contribution >= 4 is 23.3 Å². The molecule has 0 heterocycles. The zero-order valence-corrected chi connectivity index (χ0v) is 16.5. The van der Waals surface area contributed by atoms with Gasteiger partial charge in [0, 0.05) is 21.7 Å². The molecule has 2 aromatic rings. The van der Waals surface area contributed by atoms with Crippen LogP contribution in [0.3, 0.4) is 0 Å².